The molecule has 27 heavy (non-hydrogen) atoms. The summed E-state index contributed by atoms with van der Waals surface area (Å²) in [5.74, 6) is -0.652. The monoisotopic (exact) mass is 364 g/mol. The molecule has 1 heterocycles. The molecule has 0 radical (unpaired) electrons. The molecule has 0 saturated carbocycles. The van der Waals surface area contributed by atoms with Crippen LogP contribution in [0, 0.1) is 0 Å². The minimum atomic E-state index is -0.297. The number of hydrogen-bond acceptors (Lipinski definition) is 5. The molecule has 0 spiro atoms. The summed E-state index contributed by atoms with van der Waals surface area (Å²) in [4.78, 5) is 28.3. The molecule has 0 unspecified atom stereocenters. The molecule has 1 fully saturated rings. The van der Waals surface area contributed by atoms with E-state index in [1.54, 1.807) is 30.3 Å². The van der Waals surface area contributed by atoms with E-state index in [1.807, 2.05) is 0 Å². The normalized spacial score (nSPS) is 16.7. The van der Waals surface area contributed by atoms with Crippen molar-refractivity contribution in [1.82, 2.24) is 4.90 Å². The number of nitrogens with zero attached hydrogens (tertiary/aromatic N) is 1. The maximum absolute atomic E-state index is 13.0. The van der Waals surface area contributed by atoms with Crippen LogP contribution in [-0.4, -0.2) is 47.8 Å². The van der Waals surface area contributed by atoms with Crippen LogP contribution in [0.5, 0.6) is 5.75 Å². The Hall–Kier alpha value is -2.66. The molecule has 2 aromatic rings. The third kappa shape index (κ3) is 3.35. The van der Waals surface area contributed by atoms with E-state index in [0.29, 0.717) is 16.8 Å². The van der Waals surface area contributed by atoms with E-state index in [4.69, 9.17) is 0 Å². The largest absolute Gasteiger partial charge is 0.507 e. The van der Waals surface area contributed by atoms with E-state index in [0.717, 1.165) is 19.5 Å². The molecule has 0 bridgehead atoms. The number of rotatable bonds is 5. The average Bonchev–Trinajstić information content (AvgIpc) is 2.71. The van der Waals surface area contributed by atoms with E-state index >= 15 is 0 Å². The third-order valence-electron chi connectivity index (χ3n) is 5.47. The molecule has 2 aromatic carbocycles. The van der Waals surface area contributed by atoms with Gasteiger partial charge in [-0.1, -0.05) is 30.7 Å². The van der Waals surface area contributed by atoms with Crippen molar-refractivity contribution in [1.29, 1.82) is 0 Å². The number of carbonyl (C=O) groups is 2. The van der Waals surface area contributed by atoms with Crippen molar-refractivity contribution in [3.05, 3.63) is 58.7 Å². The first-order valence-electron chi connectivity index (χ1n) is 9.67. The van der Waals surface area contributed by atoms with Gasteiger partial charge in [-0.2, -0.15) is 0 Å². The quantitative estimate of drug-likeness (QED) is 0.536. The number of hydrogen-bond donors (Lipinski definition) is 2. The van der Waals surface area contributed by atoms with Crippen LogP contribution in [0.3, 0.4) is 0 Å². The van der Waals surface area contributed by atoms with Gasteiger partial charge in [0.2, 0.25) is 0 Å². The summed E-state index contributed by atoms with van der Waals surface area (Å²) in [7, 11) is 0. The highest BCUT2D eigenvalue weighted by atomic mass is 16.3. The highest BCUT2D eigenvalue weighted by Gasteiger charge is 2.33. The second kappa shape index (κ2) is 7.53. The van der Waals surface area contributed by atoms with Crippen molar-refractivity contribution in [2.24, 2.45) is 0 Å². The van der Waals surface area contributed by atoms with Crippen LogP contribution in [-0.2, 0) is 0 Å². The van der Waals surface area contributed by atoms with Crippen LogP contribution in [0.2, 0.25) is 0 Å². The van der Waals surface area contributed by atoms with Crippen LogP contribution < -0.4 is 5.32 Å². The number of benzene rings is 2. The summed E-state index contributed by atoms with van der Waals surface area (Å²) >= 11 is 0. The Bertz CT molecular complexity index is 885. The third-order valence-corrected chi connectivity index (χ3v) is 5.47. The van der Waals surface area contributed by atoms with E-state index in [9.17, 15) is 14.7 Å². The van der Waals surface area contributed by atoms with Gasteiger partial charge < -0.3 is 15.3 Å². The predicted octanol–water partition coefficient (Wildman–Crippen LogP) is 3.46. The van der Waals surface area contributed by atoms with Crippen LogP contribution in [0.1, 0.15) is 57.5 Å². The first-order chi connectivity index (χ1) is 13.2. The van der Waals surface area contributed by atoms with Crippen molar-refractivity contribution in [2.75, 3.05) is 31.5 Å². The van der Waals surface area contributed by atoms with Gasteiger partial charge in [0.05, 0.1) is 11.1 Å². The summed E-state index contributed by atoms with van der Waals surface area (Å²) in [5.41, 5.74) is 1.77. The van der Waals surface area contributed by atoms with Gasteiger partial charge in [0.1, 0.15) is 5.75 Å². The number of fused-ring (bicyclic) bond motifs is 2. The Labute approximate surface area is 159 Å². The fourth-order valence-corrected chi connectivity index (χ4v) is 4.06. The summed E-state index contributed by atoms with van der Waals surface area (Å²) < 4.78 is 0. The van der Waals surface area contributed by atoms with Gasteiger partial charge in [0, 0.05) is 23.4 Å². The summed E-state index contributed by atoms with van der Waals surface area (Å²) in [6.07, 6.45) is 4.84. The zero-order chi connectivity index (χ0) is 18.8. The lowest BCUT2D eigenvalue weighted by molar-refractivity contribution is 0.0977. The number of phenolic OH excluding ortho intramolecular Hbond substituents is 1. The van der Waals surface area contributed by atoms with Gasteiger partial charge in [0.15, 0.2) is 11.6 Å². The molecule has 2 aliphatic rings. The number of anilines is 1. The fourth-order valence-electron chi connectivity index (χ4n) is 4.06. The van der Waals surface area contributed by atoms with Crippen molar-refractivity contribution in [3.63, 3.8) is 0 Å². The number of phenols is 1. The molecule has 4 rings (SSSR count). The highest BCUT2D eigenvalue weighted by molar-refractivity contribution is 6.31. The predicted molar refractivity (Wildman–Crippen MR) is 105 cm³/mol. The van der Waals surface area contributed by atoms with E-state index in [1.165, 1.54) is 38.4 Å². The van der Waals surface area contributed by atoms with Gasteiger partial charge in [0.25, 0.3) is 0 Å². The smallest absolute Gasteiger partial charge is 0.198 e. The van der Waals surface area contributed by atoms with E-state index in [-0.39, 0.29) is 28.4 Å². The zero-order valence-electron chi connectivity index (χ0n) is 15.3. The number of piperidine rings is 1. The average molecular weight is 364 g/mol. The Morgan fingerprint density at radius 3 is 2.26 bits per heavy atom. The molecule has 1 saturated heterocycles. The maximum Gasteiger partial charge on any atom is 0.198 e. The Kier molecular flexibility index (Phi) is 4.94. The molecule has 0 atom stereocenters. The lowest BCUT2D eigenvalue weighted by Crippen LogP contribution is -2.31. The van der Waals surface area contributed by atoms with Crippen LogP contribution >= 0.6 is 0 Å². The van der Waals surface area contributed by atoms with Gasteiger partial charge >= 0.3 is 0 Å². The van der Waals surface area contributed by atoms with Crippen LogP contribution in [0.25, 0.3) is 0 Å². The Morgan fingerprint density at radius 2 is 1.56 bits per heavy atom. The minimum Gasteiger partial charge on any atom is -0.507 e. The molecule has 140 valence electrons. The topological polar surface area (TPSA) is 69.6 Å². The standard InChI is InChI=1S/C22H24N2O3/c25-18-10-9-17(23-11-6-14-24-12-4-1-5-13-24)19-20(18)22(27)16-8-3-2-7-15(16)21(19)26/h2-3,7-10,23,25H,1,4-6,11-14H2. The second-order valence-electron chi connectivity index (χ2n) is 7.27. The number of ketones is 2. The summed E-state index contributed by atoms with van der Waals surface area (Å²) in [5, 5.41) is 13.5. The molecular formula is C22H24N2O3. The van der Waals surface area contributed by atoms with Gasteiger partial charge in [-0.3, -0.25) is 9.59 Å². The Morgan fingerprint density at radius 1 is 0.889 bits per heavy atom. The molecule has 0 amide bonds. The number of nitrogens with one attached hydrogen (secondary N) is 1. The number of aromatic hydroxyl groups is 1. The fraction of sp³-hybridized carbons (Fsp3) is 0.364. The highest BCUT2D eigenvalue weighted by Crippen LogP contribution is 2.36. The zero-order valence-corrected chi connectivity index (χ0v) is 15.3. The molecule has 1 aliphatic carbocycles. The van der Waals surface area contributed by atoms with Crippen molar-refractivity contribution < 1.29 is 14.7 Å². The summed E-state index contributed by atoms with van der Waals surface area (Å²) in [6.45, 7) is 4.08. The van der Waals surface area contributed by atoms with Gasteiger partial charge in [-0.15, -0.1) is 0 Å². The van der Waals surface area contributed by atoms with Crippen LogP contribution in [0.4, 0.5) is 5.69 Å². The number of likely N-dealkylation sites (tertiary alicyclic amines) is 1. The first-order valence-corrected chi connectivity index (χ1v) is 9.67. The van der Waals surface area contributed by atoms with E-state index < -0.39 is 0 Å². The first kappa shape index (κ1) is 17.7. The van der Waals surface area contributed by atoms with Gasteiger partial charge in [-0.25, -0.2) is 0 Å². The maximum atomic E-state index is 13.0. The Balaban J connectivity index is 1.53. The minimum absolute atomic E-state index is 0.111. The lowest BCUT2D eigenvalue weighted by atomic mass is 9.82. The van der Waals surface area contributed by atoms with Gasteiger partial charge in [-0.05, 0) is 51.0 Å². The molecule has 2 N–H and O–H groups in total. The molecule has 5 heteroatoms. The molecule has 5 nitrogen and oxygen atoms in total. The number of carbonyl (C=O) groups excluding carboxylic acids is 2. The second-order valence-corrected chi connectivity index (χ2v) is 7.27. The van der Waals surface area contributed by atoms with Crippen molar-refractivity contribution in [2.45, 2.75) is 25.7 Å². The van der Waals surface area contributed by atoms with Crippen LogP contribution in [0.15, 0.2) is 36.4 Å². The SMILES string of the molecule is O=C1c2ccccc2C(=O)c2c(NCCCN3CCCCC3)ccc(O)c21. The summed E-state index contributed by atoms with van der Waals surface area (Å²) in [6, 6.07) is 9.97. The molecule has 0 aromatic heterocycles. The van der Waals surface area contributed by atoms with E-state index in [2.05, 4.69) is 10.2 Å². The van der Waals surface area contributed by atoms with Crippen molar-refractivity contribution in [3.8, 4) is 5.75 Å². The lowest BCUT2D eigenvalue weighted by Gasteiger charge is -2.26. The molecule has 1 aliphatic heterocycles. The molecular weight excluding hydrogens is 340 g/mol. The van der Waals surface area contributed by atoms with Crippen molar-refractivity contribution >= 4 is 17.3 Å².